The maximum absolute atomic E-state index is 13.0. The number of anilines is 1. The molecule has 2 atom stereocenters. The van der Waals surface area contributed by atoms with E-state index in [0.717, 1.165) is 36.1 Å². The molecule has 1 aromatic heterocycles. The first-order chi connectivity index (χ1) is 16.5. The van der Waals surface area contributed by atoms with E-state index in [0.29, 0.717) is 28.3 Å². The van der Waals surface area contributed by atoms with Gasteiger partial charge in [0.1, 0.15) is 17.1 Å². The van der Waals surface area contributed by atoms with Gasteiger partial charge in [-0.15, -0.1) is 11.3 Å². The second-order valence-corrected chi connectivity index (χ2v) is 10.1. The van der Waals surface area contributed by atoms with Gasteiger partial charge >= 0.3 is 5.97 Å². The number of aryl methyl sites for hydroxylation is 1. The SMILES string of the molecule is CC[C@H](OC(=O)[C@@H](CCSC)NC(=O)c1ccccc1)C(=O)Nc1sc2c(c1C#N)CCCC2. The Morgan fingerprint density at radius 2 is 1.94 bits per heavy atom. The zero-order chi connectivity index (χ0) is 24.5. The highest BCUT2D eigenvalue weighted by molar-refractivity contribution is 7.98. The monoisotopic (exact) mass is 499 g/mol. The van der Waals surface area contributed by atoms with Crippen LogP contribution in [0.25, 0.3) is 0 Å². The summed E-state index contributed by atoms with van der Waals surface area (Å²) >= 11 is 2.98. The Labute approximate surface area is 208 Å². The number of hydrogen-bond acceptors (Lipinski definition) is 7. The fourth-order valence-corrected chi connectivity index (χ4v) is 5.54. The van der Waals surface area contributed by atoms with Crippen LogP contribution in [0.5, 0.6) is 0 Å². The summed E-state index contributed by atoms with van der Waals surface area (Å²) in [6.07, 6.45) is 5.41. The van der Waals surface area contributed by atoms with Crippen molar-refractivity contribution >= 4 is 45.9 Å². The lowest BCUT2D eigenvalue weighted by atomic mass is 9.96. The molecule has 9 heteroatoms. The number of amides is 2. The first-order valence-electron chi connectivity index (χ1n) is 11.4. The van der Waals surface area contributed by atoms with Crippen LogP contribution in [-0.4, -0.2) is 41.9 Å². The highest BCUT2D eigenvalue weighted by Crippen LogP contribution is 2.37. The predicted octanol–water partition coefficient (Wildman–Crippen LogP) is 4.31. The molecule has 0 saturated heterocycles. The number of nitrogens with zero attached hydrogens (tertiary/aromatic N) is 1. The second-order valence-electron chi connectivity index (χ2n) is 8.02. The Morgan fingerprint density at radius 3 is 2.62 bits per heavy atom. The fourth-order valence-electron chi connectivity index (χ4n) is 3.82. The molecule has 0 spiro atoms. The summed E-state index contributed by atoms with van der Waals surface area (Å²) in [4.78, 5) is 39.6. The Hall–Kier alpha value is -2.83. The van der Waals surface area contributed by atoms with Crippen molar-refractivity contribution in [1.82, 2.24) is 5.32 Å². The number of rotatable bonds is 10. The molecule has 1 aliphatic rings. The molecule has 2 N–H and O–H groups in total. The number of carbonyl (C=O) groups is 3. The van der Waals surface area contributed by atoms with Gasteiger partial charge in [-0.05, 0) is 68.2 Å². The lowest BCUT2D eigenvalue weighted by Crippen LogP contribution is -2.45. The summed E-state index contributed by atoms with van der Waals surface area (Å²) in [5, 5.41) is 15.7. The zero-order valence-electron chi connectivity index (χ0n) is 19.4. The number of benzene rings is 1. The van der Waals surface area contributed by atoms with Gasteiger partial charge in [0.2, 0.25) is 0 Å². The minimum Gasteiger partial charge on any atom is -0.451 e. The standard InChI is InChI=1S/C25H29N3O4S2/c1-3-20(23(30)28-24-18(15-26)17-11-7-8-12-21(17)34-24)32-25(31)19(13-14-33-2)27-22(29)16-9-5-4-6-10-16/h4-6,9-10,19-20H,3,7-8,11-14H2,1-2H3,(H,27,29)(H,28,30)/t19-,20+/m1/s1. The van der Waals surface area contributed by atoms with Crippen molar-refractivity contribution < 1.29 is 19.1 Å². The molecule has 0 saturated carbocycles. The Kier molecular flexibility index (Phi) is 9.54. The van der Waals surface area contributed by atoms with Gasteiger partial charge in [0.05, 0.1) is 5.56 Å². The van der Waals surface area contributed by atoms with Crippen LogP contribution in [-0.2, 0) is 27.2 Å². The third kappa shape index (κ3) is 6.39. The number of nitrogens with one attached hydrogen (secondary N) is 2. The van der Waals surface area contributed by atoms with Crippen LogP contribution in [0, 0.1) is 11.3 Å². The van der Waals surface area contributed by atoms with E-state index in [9.17, 15) is 19.6 Å². The number of thioether (sulfide) groups is 1. The maximum atomic E-state index is 13.0. The molecular weight excluding hydrogens is 470 g/mol. The quantitative estimate of drug-likeness (QED) is 0.472. The Morgan fingerprint density at radius 1 is 1.21 bits per heavy atom. The zero-order valence-corrected chi connectivity index (χ0v) is 21.0. The first-order valence-corrected chi connectivity index (χ1v) is 13.6. The van der Waals surface area contributed by atoms with E-state index in [2.05, 4.69) is 16.7 Å². The number of carbonyl (C=O) groups excluding carboxylic acids is 3. The van der Waals surface area contributed by atoms with Crippen molar-refractivity contribution in [3.63, 3.8) is 0 Å². The average molecular weight is 500 g/mol. The molecule has 1 aromatic carbocycles. The van der Waals surface area contributed by atoms with E-state index in [4.69, 9.17) is 4.74 Å². The van der Waals surface area contributed by atoms with Crippen molar-refractivity contribution in [2.75, 3.05) is 17.3 Å². The van der Waals surface area contributed by atoms with E-state index in [1.54, 1.807) is 43.0 Å². The van der Waals surface area contributed by atoms with Gasteiger partial charge in [-0.25, -0.2) is 4.79 Å². The summed E-state index contributed by atoms with van der Waals surface area (Å²) in [5.74, 6) is -0.844. The minimum absolute atomic E-state index is 0.270. The van der Waals surface area contributed by atoms with Crippen LogP contribution in [0.4, 0.5) is 5.00 Å². The molecule has 1 aliphatic carbocycles. The van der Waals surface area contributed by atoms with E-state index in [-0.39, 0.29) is 12.3 Å². The van der Waals surface area contributed by atoms with Crippen molar-refractivity contribution in [3.05, 3.63) is 51.9 Å². The summed E-state index contributed by atoms with van der Waals surface area (Å²) in [5.41, 5.74) is 1.99. The molecule has 180 valence electrons. The van der Waals surface area contributed by atoms with Crippen LogP contribution >= 0.6 is 23.1 Å². The van der Waals surface area contributed by atoms with E-state index in [1.807, 2.05) is 12.3 Å². The van der Waals surface area contributed by atoms with Crippen molar-refractivity contribution in [3.8, 4) is 6.07 Å². The van der Waals surface area contributed by atoms with Gasteiger partial charge in [0.15, 0.2) is 6.10 Å². The highest BCUT2D eigenvalue weighted by Gasteiger charge is 2.29. The molecule has 7 nitrogen and oxygen atoms in total. The Bertz CT molecular complexity index is 1060. The lowest BCUT2D eigenvalue weighted by molar-refractivity contribution is -0.156. The van der Waals surface area contributed by atoms with Gasteiger partial charge in [0, 0.05) is 10.4 Å². The van der Waals surface area contributed by atoms with Gasteiger partial charge in [-0.1, -0.05) is 25.1 Å². The smallest absolute Gasteiger partial charge is 0.329 e. The molecular formula is C25H29N3O4S2. The largest absolute Gasteiger partial charge is 0.451 e. The van der Waals surface area contributed by atoms with Crippen LogP contribution < -0.4 is 10.6 Å². The second kappa shape index (κ2) is 12.6. The van der Waals surface area contributed by atoms with Gasteiger partial charge in [-0.2, -0.15) is 17.0 Å². The van der Waals surface area contributed by atoms with Gasteiger partial charge in [0.25, 0.3) is 11.8 Å². The van der Waals surface area contributed by atoms with Crippen LogP contribution in [0.15, 0.2) is 30.3 Å². The third-order valence-electron chi connectivity index (χ3n) is 5.68. The van der Waals surface area contributed by atoms with E-state index < -0.39 is 24.0 Å². The van der Waals surface area contributed by atoms with Crippen LogP contribution in [0.2, 0.25) is 0 Å². The van der Waals surface area contributed by atoms with E-state index >= 15 is 0 Å². The average Bonchev–Trinajstić information content (AvgIpc) is 3.21. The number of hydrogen-bond donors (Lipinski definition) is 2. The number of thiophene rings is 1. The van der Waals surface area contributed by atoms with E-state index in [1.165, 1.54) is 11.3 Å². The topological polar surface area (TPSA) is 108 Å². The molecule has 34 heavy (non-hydrogen) atoms. The normalized spacial score (nSPS) is 14.3. The van der Waals surface area contributed by atoms with Crippen molar-refractivity contribution in [2.24, 2.45) is 0 Å². The van der Waals surface area contributed by atoms with Crippen LogP contribution in [0.1, 0.15) is 59.0 Å². The lowest BCUT2D eigenvalue weighted by Gasteiger charge is -2.21. The first kappa shape index (κ1) is 25.8. The van der Waals surface area contributed by atoms with Crippen molar-refractivity contribution in [1.29, 1.82) is 5.26 Å². The predicted molar refractivity (Wildman–Crippen MR) is 135 cm³/mol. The highest BCUT2D eigenvalue weighted by atomic mass is 32.2. The molecule has 0 fully saturated rings. The molecule has 2 aromatic rings. The van der Waals surface area contributed by atoms with Crippen LogP contribution in [0.3, 0.4) is 0 Å². The number of fused-ring (bicyclic) bond motifs is 1. The summed E-state index contributed by atoms with van der Waals surface area (Å²) < 4.78 is 5.55. The summed E-state index contributed by atoms with van der Waals surface area (Å²) in [6, 6.07) is 10.00. The number of ether oxygens (including phenoxy) is 1. The summed E-state index contributed by atoms with van der Waals surface area (Å²) in [7, 11) is 0. The minimum atomic E-state index is -1.02. The molecule has 0 radical (unpaired) electrons. The molecule has 0 unspecified atom stereocenters. The molecule has 2 amide bonds. The fraction of sp³-hybridized carbons (Fsp3) is 0.440. The maximum Gasteiger partial charge on any atom is 0.329 e. The number of nitriles is 1. The molecule has 1 heterocycles. The Balaban J connectivity index is 1.68. The van der Waals surface area contributed by atoms with Crippen molar-refractivity contribution in [2.45, 2.75) is 57.6 Å². The summed E-state index contributed by atoms with van der Waals surface area (Å²) in [6.45, 7) is 1.75. The molecule has 0 bridgehead atoms. The van der Waals surface area contributed by atoms with Gasteiger partial charge < -0.3 is 15.4 Å². The number of esters is 1. The van der Waals surface area contributed by atoms with Gasteiger partial charge in [-0.3, -0.25) is 9.59 Å². The third-order valence-corrected chi connectivity index (χ3v) is 7.53. The molecule has 0 aliphatic heterocycles. The molecule has 3 rings (SSSR count).